The fraction of sp³-hybridized carbons (Fsp3) is 0.304. The molecule has 6 heteroatoms. The van der Waals surface area contributed by atoms with E-state index in [9.17, 15) is 4.79 Å². The Bertz CT molecular complexity index is 1170. The monoisotopic (exact) mass is 389 g/mol. The predicted octanol–water partition coefficient (Wildman–Crippen LogP) is 3.57. The number of anilines is 2. The minimum Gasteiger partial charge on any atom is -0.493 e. The Balaban J connectivity index is 1.69. The average molecular weight is 389 g/mol. The number of fused-ring (bicyclic) bond motifs is 4. The van der Waals surface area contributed by atoms with Gasteiger partial charge in [0, 0.05) is 29.9 Å². The van der Waals surface area contributed by atoms with Gasteiger partial charge >= 0.3 is 5.69 Å². The summed E-state index contributed by atoms with van der Waals surface area (Å²) in [7, 11) is 3.26. The Morgan fingerprint density at radius 2 is 1.79 bits per heavy atom. The molecule has 5 rings (SSSR count). The third-order valence-corrected chi connectivity index (χ3v) is 5.94. The summed E-state index contributed by atoms with van der Waals surface area (Å²) in [6.07, 6.45) is 1.70. The van der Waals surface area contributed by atoms with Crippen LogP contribution in [0.4, 0.5) is 11.5 Å². The van der Waals surface area contributed by atoms with E-state index in [1.165, 1.54) is 5.56 Å². The fourth-order valence-electron chi connectivity index (χ4n) is 4.57. The largest absolute Gasteiger partial charge is 0.493 e. The zero-order chi connectivity index (χ0) is 20.1. The van der Waals surface area contributed by atoms with Crippen molar-refractivity contribution in [2.75, 3.05) is 19.1 Å². The Labute approximate surface area is 169 Å². The van der Waals surface area contributed by atoms with E-state index in [1.54, 1.807) is 18.8 Å². The predicted molar refractivity (Wildman–Crippen MR) is 112 cm³/mol. The van der Waals surface area contributed by atoms with Crippen LogP contribution in [0, 0.1) is 0 Å². The van der Waals surface area contributed by atoms with Gasteiger partial charge < -0.3 is 14.4 Å². The summed E-state index contributed by atoms with van der Waals surface area (Å²) >= 11 is 0. The molecular weight excluding hydrogens is 366 g/mol. The van der Waals surface area contributed by atoms with Crippen molar-refractivity contribution in [3.8, 4) is 22.8 Å². The van der Waals surface area contributed by atoms with Crippen LogP contribution >= 0.6 is 0 Å². The van der Waals surface area contributed by atoms with Crippen LogP contribution < -0.4 is 20.1 Å². The molecule has 0 amide bonds. The van der Waals surface area contributed by atoms with Crippen molar-refractivity contribution in [3.05, 3.63) is 64.1 Å². The standard InChI is InChI=1S/C23H23N3O3/c1-14-10-16-6-4-5-7-18(16)26(14)22-13-19-17-12-21(29-3)20(28-2)11-15(17)8-9-25(19)23(27)24-22/h4-7,11-14H,8-10H2,1-3H3. The molecule has 1 unspecified atom stereocenters. The van der Waals surface area contributed by atoms with Gasteiger partial charge in [0.05, 0.1) is 19.9 Å². The van der Waals surface area contributed by atoms with Crippen molar-refractivity contribution in [2.45, 2.75) is 32.4 Å². The van der Waals surface area contributed by atoms with Crippen LogP contribution in [0.5, 0.6) is 11.5 Å². The zero-order valence-electron chi connectivity index (χ0n) is 16.8. The lowest BCUT2D eigenvalue weighted by Crippen LogP contribution is -2.32. The van der Waals surface area contributed by atoms with Gasteiger partial charge in [0.25, 0.3) is 0 Å². The second-order valence-electron chi connectivity index (χ2n) is 7.60. The molecule has 2 aromatic carbocycles. The number of hydrogen-bond donors (Lipinski definition) is 0. The second kappa shape index (κ2) is 6.65. The highest BCUT2D eigenvalue weighted by Gasteiger charge is 2.30. The maximum absolute atomic E-state index is 12.9. The smallest absolute Gasteiger partial charge is 0.350 e. The molecular formula is C23H23N3O3. The number of aromatic nitrogens is 2. The Morgan fingerprint density at radius 1 is 1.03 bits per heavy atom. The number of nitrogens with zero attached hydrogens (tertiary/aromatic N) is 3. The highest BCUT2D eigenvalue weighted by atomic mass is 16.5. The third kappa shape index (κ3) is 2.70. The fourth-order valence-corrected chi connectivity index (χ4v) is 4.57. The van der Waals surface area contributed by atoms with E-state index in [2.05, 4.69) is 35.0 Å². The average Bonchev–Trinajstić information content (AvgIpc) is 3.08. The molecule has 148 valence electrons. The summed E-state index contributed by atoms with van der Waals surface area (Å²) < 4.78 is 12.7. The van der Waals surface area contributed by atoms with Gasteiger partial charge in [0.1, 0.15) is 5.82 Å². The van der Waals surface area contributed by atoms with Crippen LogP contribution in [0.3, 0.4) is 0 Å². The molecule has 0 fully saturated rings. The molecule has 1 atom stereocenters. The molecule has 0 radical (unpaired) electrons. The van der Waals surface area contributed by atoms with Gasteiger partial charge in [-0.15, -0.1) is 0 Å². The summed E-state index contributed by atoms with van der Waals surface area (Å²) in [4.78, 5) is 19.5. The van der Waals surface area contributed by atoms with Crippen LogP contribution in [-0.2, 0) is 19.4 Å². The molecule has 2 aliphatic rings. The first kappa shape index (κ1) is 17.8. The molecule has 0 spiro atoms. The number of ether oxygens (including phenoxy) is 2. The lowest BCUT2D eigenvalue weighted by atomic mass is 9.96. The molecule has 0 aliphatic carbocycles. The van der Waals surface area contributed by atoms with Gasteiger partial charge in [0.15, 0.2) is 11.5 Å². The van der Waals surface area contributed by atoms with Crippen molar-refractivity contribution >= 4 is 11.5 Å². The Morgan fingerprint density at radius 3 is 2.59 bits per heavy atom. The summed E-state index contributed by atoms with van der Waals surface area (Å²) in [5.41, 5.74) is 5.21. The summed E-state index contributed by atoms with van der Waals surface area (Å²) in [6.45, 7) is 2.77. The van der Waals surface area contributed by atoms with Gasteiger partial charge in [-0.1, -0.05) is 18.2 Å². The summed E-state index contributed by atoms with van der Waals surface area (Å²) in [5.74, 6) is 2.06. The topological polar surface area (TPSA) is 56.6 Å². The van der Waals surface area contributed by atoms with Crippen molar-refractivity contribution < 1.29 is 9.47 Å². The number of rotatable bonds is 3. The molecule has 29 heavy (non-hydrogen) atoms. The van der Waals surface area contributed by atoms with Crippen LogP contribution in [0.1, 0.15) is 18.1 Å². The molecule has 6 nitrogen and oxygen atoms in total. The number of methoxy groups -OCH3 is 2. The number of aryl methyl sites for hydroxylation is 1. The van der Waals surface area contributed by atoms with Gasteiger partial charge in [-0.3, -0.25) is 4.57 Å². The van der Waals surface area contributed by atoms with E-state index >= 15 is 0 Å². The van der Waals surface area contributed by atoms with E-state index in [0.717, 1.165) is 35.3 Å². The van der Waals surface area contributed by atoms with E-state index in [-0.39, 0.29) is 11.7 Å². The maximum atomic E-state index is 12.9. The Kier molecular flexibility index (Phi) is 4.08. The quantitative estimate of drug-likeness (QED) is 0.686. The lowest BCUT2D eigenvalue weighted by Gasteiger charge is -2.27. The zero-order valence-corrected chi connectivity index (χ0v) is 16.8. The number of hydrogen-bond acceptors (Lipinski definition) is 5. The molecule has 3 heterocycles. The third-order valence-electron chi connectivity index (χ3n) is 5.94. The first-order valence-electron chi connectivity index (χ1n) is 9.85. The van der Waals surface area contributed by atoms with Crippen molar-refractivity contribution in [1.29, 1.82) is 0 Å². The van der Waals surface area contributed by atoms with Crippen LogP contribution in [0.2, 0.25) is 0 Å². The van der Waals surface area contributed by atoms with Crippen molar-refractivity contribution in [3.63, 3.8) is 0 Å². The first-order chi connectivity index (χ1) is 14.1. The Hall–Kier alpha value is -3.28. The molecule has 2 aliphatic heterocycles. The van der Waals surface area contributed by atoms with Gasteiger partial charge in [-0.2, -0.15) is 4.98 Å². The summed E-state index contributed by atoms with van der Waals surface area (Å²) in [5, 5.41) is 0. The normalized spacial score (nSPS) is 16.8. The van der Waals surface area contributed by atoms with Gasteiger partial charge in [0.2, 0.25) is 0 Å². The minimum absolute atomic E-state index is 0.213. The highest BCUT2D eigenvalue weighted by molar-refractivity contribution is 5.75. The van der Waals surface area contributed by atoms with Crippen LogP contribution in [0.15, 0.2) is 47.3 Å². The maximum Gasteiger partial charge on any atom is 0.350 e. The SMILES string of the molecule is COc1cc2c(cc1OC)-c1cc(N3c4ccccc4CC3C)nc(=O)n1CC2. The van der Waals surface area contributed by atoms with Crippen molar-refractivity contribution in [1.82, 2.24) is 9.55 Å². The molecule has 0 N–H and O–H groups in total. The molecule has 0 saturated heterocycles. The van der Waals surface area contributed by atoms with Crippen LogP contribution in [-0.4, -0.2) is 29.8 Å². The van der Waals surface area contributed by atoms with Crippen LogP contribution in [0.25, 0.3) is 11.3 Å². The second-order valence-corrected chi connectivity index (χ2v) is 7.60. The molecule has 0 bridgehead atoms. The van der Waals surface area contributed by atoms with E-state index in [0.29, 0.717) is 23.9 Å². The van der Waals surface area contributed by atoms with E-state index < -0.39 is 0 Å². The number of para-hydroxylation sites is 1. The molecule has 3 aromatic rings. The van der Waals surface area contributed by atoms with Crippen molar-refractivity contribution in [2.24, 2.45) is 0 Å². The molecule has 0 saturated carbocycles. The van der Waals surface area contributed by atoms with E-state index in [4.69, 9.17) is 9.47 Å². The number of benzene rings is 2. The summed E-state index contributed by atoms with van der Waals surface area (Å²) in [6, 6.07) is 14.6. The van der Waals surface area contributed by atoms with Gasteiger partial charge in [-0.25, -0.2) is 4.79 Å². The van der Waals surface area contributed by atoms with E-state index in [1.807, 2.05) is 24.3 Å². The lowest BCUT2D eigenvalue weighted by molar-refractivity contribution is 0.354. The first-order valence-corrected chi connectivity index (χ1v) is 9.85. The highest BCUT2D eigenvalue weighted by Crippen LogP contribution is 2.41. The molecule has 1 aromatic heterocycles. The van der Waals surface area contributed by atoms with Gasteiger partial charge in [-0.05, 0) is 49.1 Å². The minimum atomic E-state index is -0.213.